The van der Waals surface area contributed by atoms with E-state index in [4.69, 9.17) is 11.5 Å². The topological polar surface area (TPSA) is 105 Å². The van der Waals surface area contributed by atoms with Crippen LogP contribution in [-0.2, 0) is 9.59 Å². The lowest BCUT2D eigenvalue weighted by Gasteiger charge is -2.44. The smallest absolute Gasteiger partial charge is 0.242 e. The zero-order valence-electron chi connectivity index (χ0n) is 19.8. The average Bonchev–Trinajstić information content (AvgIpc) is 3.09. The third-order valence-electron chi connectivity index (χ3n) is 9.89. The Morgan fingerprint density at radius 3 is 2.12 bits per heavy atom. The predicted octanol–water partition coefficient (Wildman–Crippen LogP) is 1.65. The zero-order valence-corrected chi connectivity index (χ0v) is 19.8. The Morgan fingerprint density at radius 2 is 1.50 bits per heavy atom. The van der Waals surface area contributed by atoms with Crippen molar-refractivity contribution in [1.82, 2.24) is 15.1 Å². The van der Waals surface area contributed by atoms with Crippen LogP contribution >= 0.6 is 0 Å². The van der Waals surface area contributed by atoms with Crippen LogP contribution in [0.15, 0.2) is 0 Å². The van der Waals surface area contributed by atoms with Gasteiger partial charge in [0, 0.05) is 38.1 Å². The summed E-state index contributed by atoms with van der Waals surface area (Å²) in [5.41, 5.74) is 12.0. The molecule has 5 unspecified atom stereocenters. The van der Waals surface area contributed by atoms with E-state index < -0.39 is 5.54 Å². The molecule has 0 aromatic carbocycles. The minimum absolute atomic E-state index is 0.0950. The average molecular weight is 446 g/mol. The van der Waals surface area contributed by atoms with Crippen molar-refractivity contribution in [2.45, 2.75) is 88.9 Å². The minimum atomic E-state index is -0.625. The quantitative estimate of drug-likeness (QED) is 0.613. The van der Waals surface area contributed by atoms with Crippen LogP contribution in [0.5, 0.6) is 0 Å². The molecule has 0 aromatic rings. The molecule has 7 nitrogen and oxygen atoms in total. The number of piperazine rings is 1. The number of nitrogens with one attached hydrogen (secondary N) is 1. The maximum atomic E-state index is 13.2. The first-order valence-corrected chi connectivity index (χ1v) is 13.2. The molecule has 2 saturated heterocycles. The molecule has 5 N–H and O–H groups in total. The van der Waals surface area contributed by atoms with E-state index >= 15 is 0 Å². The van der Waals surface area contributed by atoms with Gasteiger partial charge in [-0.2, -0.15) is 0 Å². The molecule has 5 rings (SSSR count). The van der Waals surface area contributed by atoms with Crippen molar-refractivity contribution in [1.29, 1.82) is 0 Å². The number of amides is 2. The summed E-state index contributed by atoms with van der Waals surface area (Å²) in [7, 11) is 0. The Bertz CT molecular complexity index is 709. The third kappa shape index (κ3) is 4.09. The van der Waals surface area contributed by atoms with Crippen molar-refractivity contribution >= 4 is 11.8 Å². The summed E-state index contributed by atoms with van der Waals surface area (Å²) in [4.78, 5) is 29.7. The highest BCUT2D eigenvalue weighted by Crippen LogP contribution is 2.47. The third-order valence-corrected chi connectivity index (χ3v) is 9.89. The summed E-state index contributed by atoms with van der Waals surface area (Å²) in [5.74, 6) is 3.53. The monoisotopic (exact) mass is 445 g/mol. The van der Waals surface area contributed by atoms with Gasteiger partial charge in [-0.15, -0.1) is 0 Å². The lowest BCUT2D eigenvalue weighted by Crippen LogP contribution is -2.63. The van der Waals surface area contributed by atoms with Crippen LogP contribution in [0, 0.1) is 29.6 Å². The van der Waals surface area contributed by atoms with Crippen molar-refractivity contribution in [3.63, 3.8) is 0 Å². The van der Waals surface area contributed by atoms with Crippen LogP contribution in [0.2, 0.25) is 0 Å². The number of hydrogen-bond donors (Lipinski definition) is 3. The Morgan fingerprint density at radius 1 is 0.875 bits per heavy atom. The van der Waals surface area contributed by atoms with Gasteiger partial charge in [-0.3, -0.25) is 14.9 Å². The largest absolute Gasteiger partial charge is 0.339 e. The fourth-order valence-electron chi connectivity index (χ4n) is 7.59. The molecule has 180 valence electrons. The Balaban J connectivity index is 1.07. The standard InChI is InChI=1S/C25H43N5O2/c1-16-20-8-7-19(15-21(20)22(26)28-16)17-3-5-18(6-4-17)23(31)29-11-13-30(14-12-29)24(32)25(27)9-2-10-25/h16-22,28H,2-15,26-27H2,1H3. The lowest BCUT2D eigenvalue weighted by atomic mass is 9.65. The first-order chi connectivity index (χ1) is 15.4. The van der Waals surface area contributed by atoms with Crippen LogP contribution < -0.4 is 16.8 Å². The zero-order chi connectivity index (χ0) is 22.5. The number of nitrogens with zero attached hydrogens (tertiary/aromatic N) is 2. The molecule has 0 aromatic heterocycles. The van der Waals surface area contributed by atoms with Crippen molar-refractivity contribution in [3.05, 3.63) is 0 Å². The summed E-state index contributed by atoms with van der Waals surface area (Å²) in [6, 6.07) is 0.559. The van der Waals surface area contributed by atoms with Gasteiger partial charge in [0.25, 0.3) is 0 Å². The van der Waals surface area contributed by atoms with Crippen LogP contribution in [0.1, 0.15) is 71.1 Å². The second kappa shape index (κ2) is 8.88. The fourth-order valence-corrected chi connectivity index (χ4v) is 7.59. The number of hydrogen-bond acceptors (Lipinski definition) is 5. The molecule has 0 bridgehead atoms. The summed E-state index contributed by atoms with van der Waals surface area (Å²) in [5, 5.41) is 3.56. The van der Waals surface area contributed by atoms with Crippen LogP contribution in [-0.4, -0.2) is 65.5 Å². The van der Waals surface area contributed by atoms with E-state index in [9.17, 15) is 9.59 Å². The second-order valence-electron chi connectivity index (χ2n) is 11.6. The van der Waals surface area contributed by atoms with Crippen molar-refractivity contribution in [3.8, 4) is 0 Å². The molecule has 0 spiro atoms. The molecular formula is C25H43N5O2. The fraction of sp³-hybridized carbons (Fsp3) is 0.920. The maximum absolute atomic E-state index is 13.2. The van der Waals surface area contributed by atoms with Gasteiger partial charge in [-0.25, -0.2) is 0 Å². The molecule has 2 heterocycles. The molecule has 5 atom stereocenters. The van der Waals surface area contributed by atoms with E-state index in [0.717, 1.165) is 49.9 Å². The van der Waals surface area contributed by atoms with Gasteiger partial charge >= 0.3 is 0 Å². The molecular weight excluding hydrogens is 402 g/mol. The summed E-state index contributed by atoms with van der Waals surface area (Å²) in [6.07, 6.45) is 11.2. The highest BCUT2D eigenvalue weighted by molar-refractivity contribution is 5.87. The van der Waals surface area contributed by atoms with Gasteiger partial charge in [0.15, 0.2) is 0 Å². The number of carbonyl (C=O) groups excluding carboxylic acids is 2. The molecule has 32 heavy (non-hydrogen) atoms. The van der Waals surface area contributed by atoms with Gasteiger partial charge in [0.1, 0.15) is 0 Å². The van der Waals surface area contributed by atoms with E-state index in [0.29, 0.717) is 44.0 Å². The van der Waals surface area contributed by atoms with Crippen molar-refractivity contribution in [2.75, 3.05) is 26.2 Å². The lowest BCUT2D eigenvalue weighted by molar-refractivity contribution is -0.147. The summed E-state index contributed by atoms with van der Waals surface area (Å²) < 4.78 is 0. The minimum Gasteiger partial charge on any atom is -0.339 e. The molecule has 5 aliphatic rings. The van der Waals surface area contributed by atoms with Gasteiger partial charge < -0.3 is 21.3 Å². The van der Waals surface area contributed by atoms with Gasteiger partial charge in [-0.05, 0) is 94.8 Å². The van der Waals surface area contributed by atoms with Gasteiger partial charge in [0.2, 0.25) is 11.8 Å². The van der Waals surface area contributed by atoms with Gasteiger partial charge in [0.05, 0.1) is 11.7 Å². The Labute approximate surface area is 193 Å². The SMILES string of the molecule is CC1NC(N)C2CC(C3CCC(C(=O)N4CCN(C(=O)C5(N)CCC5)CC4)CC3)CCC12. The summed E-state index contributed by atoms with van der Waals surface area (Å²) in [6.45, 7) is 4.88. The van der Waals surface area contributed by atoms with E-state index in [1.165, 1.54) is 32.1 Å². The van der Waals surface area contributed by atoms with Crippen LogP contribution in [0.25, 0.3) is 0 Å². The second-order valence-corrected chi connectivity index (χ2v) is 11.6. The van der Waals surface area contributed by atoms with Gasteiger partial charge in [-0.1, -0.05) is 0 Å². The molecule has 0 radical (unpaired) electrons. The van der Waals surface area contributed by atoms with E-state index in [-0.39, 0.29) is 18.0 Å². The molecule has 5 fully saturated rings. The molecule has 3 aliphatic carbocycles. The number of rotatable bonds is 3. The molecule has 3 saturated carbocycles. The first-order valence-electron chi connectivity index (χ1n) is 13.2. The molecule has 7 heteroatoms. The molecule has 2 aliphatic heterocycles. The van der Waals surface area contributed by atoms with Crippen LogP contribution in [0.4, 0.5) is 0 Å². The van der Waals surface area contributed by atoms with Crippen LogP contribution in [0.3, 0.4) is 0 Å². The highest BCUT2D eigenvalue weighted by Gasteiger charge is 2.46. The number of carbonyl (C=O) groups is 2. The maximum Gasteiger partial charge on any atom is 0.242 e. The molecule has 2 amide bonds. The summed E-state index contributed by atoms with van der Waals surface area (Å²) >= 11 is 0. The number of nitrogens with two attached hydrogens (primary N) is 2. The number of fused-ring (bicyclic) bond motifs is 1. The first kappa shape index (κ1) is 22.6. The van der Waals surface area contributed by atoms with E-state index in [1.54, 1.807) is 0 Å². The highest BCUT2D eigenvalue weighted by atomic mass is 16.2. The van der Waals surface area contributed by atoms with Crippen molar-refractivity contribution in [2.24, 2.45) is 41.1 Å². The van der Waals surface area contributed by atoms with E-state index in [1.807, 2.05) is 9.80 Å². The Kier molecular flexibility index (Phi) is 6.27. The Hall–Kier alpha value is -1.18. The predicted molar refractivity (Wildman–Crippen MR) is 124 cm³/mol. The normalized spacial score (nSPS) is 41.7. The van der Waals surface area contributed by atoms with Crippen molar-refractivity contribution < 1.29 is 9.59 Å². The van der Waals surface area contributed by atoms with E-state index in [2.05, 4.69) is 12.2 Å².